The zero-order valence-electron chi connectivity index (χ0n) is 13.4. The van der Waals surface area contributed by atoms with Gasteiger partial charge in [-0.2, -0.15) is 0 Å². The van der Waals surface area contributed by atoms with Crippen LogP contribution in [-0.4, -0.2) is 34.6 Å². The van der Waals surface area contributed by atoms with Crippen LogP contribution in [0.4, 0.5) is 0 Å². The van der Waals surface area contributed by atoms with Crippen molar-refractivity contribution in [2.75, 3.05) is 18.8 Å². The molecular formula is C15H26N2O2S. The van der Waals surface area contributed by atoms with E-state index in [-0.39, 0.29) is 5.91 Å². The third-order valence-corrected chi connectivity index (χ3v) is 3.66. The van der Waals surface area contributed by atoms with Gasteiger partial charge in [-0.05, 0) is 25.7 Å². The van der Waals surface area contributed by atoms with Crippen LogP contribution in [-0.2, 0) is 4.79 Å². The highest BCUT2D eigenvalue weighted by Gasteiger charge is 2.17. The molecule has 1 aromatic heterocycles. The van der Waals surface area contributed by atoms with Crippen LogP contribution in [0.3, 0.4) is 0 Å². The maximum Gasteiger partial charge on any atom is 0.256 e. The van der Waals surface area contributed by atoms with Gasteiger partial charge >= 0.3 is 0 Å². The van der Waals surface area contributed by atoms with E-state index in [1.165, 1.54) is 11.8 Å². The second kappa shape index (κ2) is 7.72. The van der Waals surface area contributed by atoms with Crippen molar-refractivity contribution in [3.63, 3.8) is 0 Å². The highest BCUT2D eigenvalue weighted by molar-refractivity contribution is 7.99. The highest BCUT2D eigenvalue weighted by Crippen LogP contribution is 2.20. The zero-order chi connectivity index (χ0) is 15.3. The monoisotopic (exact) mass is 298 g/mol. The number of hydrogen-bond acceptors (Lipinski definition) is 4. The van der Waals surface area contributed by atoms with Crippen LogP contribution in [0.1, 0.15) is 39.1 Å². The summed E-state index contributed by atoms with van der Waals surface area (Å²) in [5, 5.41) is 0.586. The molecule has 0 aliphatic heterocycles. The predicted molar refractivity (Wildman–Crippen MR) is 83.0 cm³/mol. The van der Waals surface area contributed by atoms with Gasteiger partial charge in [0.15, 0.2) is 0 Å². The molecule has 0 aliphatic rings. The minimum absolute atomic E-state index is 0.158. The molecule has 1 heterocycles. The van der Waals surface area contributed by atoms with Crippen molar-refractivity contribution in [3.8, 4) is 0 Å². The Morgan fingerprint density at radius 1 is 1.20 bits per heavy atom. The van der Waals surface area contributed by atoms with Gasteiger partial charge in [-0.3, -0.25) is 4.79 Å². The van der Waals surface area contributed by atoms with Gasteiger partial charge in [-0.15, -0.1) is 0 Å². The Hall–Kier alpha value is -0.970. The van der Waals surface area contributed by atoms with Crippen molar-refractivity contribution in [1.29, 1.82) is 0 Å². The first kappa shape index (κ1) is 17.1. The average molecular weight is 298 g/mol. The molecule has 1 rings (SSSR count). The van der Waals surface area contributed by atoms with Crippen LogP contribution in [0.15, 0.2) is 9.64 Å². The third-order valence-electron chi connectivity index (χ3n) is 2.85. The molecule has 114 valence electrons. The van der Waals surface area contributed by atoms with Crippen LogP contribution < -0.4 is 0 Å². The first-order chi connectivity index (χ1) is 9.29. The van der Waals surface area contributed by atoms with E-state index >= 15 is 0 Å². The van der Waals surface area contributed by atoms with Gasteiger partial charge in [0.1, 0.15) is 5.76 Å². The van der Waals surface area contributed by atoms with Gasteiger partial charge in [-0.1, -0.05) is 39.5 Å². The van der Waals surface area contributed by atoms with Crippen molar-refractivity contribution in [2.45, 2.75) is 46.8 Å². The molecular weight excluding hydrogens is 272 g/mol. The van der Waals surface area contributed by atoms with Crippen LogP contribution in [0.25, 0.3) is 0 Å². The maximum absolute atomic E-state index is 12.3. The molecule has 0 bridgehead atoms. The number of thioether (sulfide) groups is 1. The van der Waals surface area contributed by atoms with Crippen molar-refractivity contribution >= 4 is 17.7 Å². The van der Waals surface area contributed by atoms with Gasteiger partial charge in [0, 0.05) is 13.1 Å². The van der Waals surface area contributed by atoms with E-state index in [1.54, 1.807) is 0 Å². The molecule has 0 spiro atoms. The van der Waals surface area contributed by atoms with Crippen LogP contribution in [0, 0.1) is 25.7 Å². The largest absolute Gasteiger partial charge is 0.437 e. The fraction of sp³-hybridized carbons (Fsp3) is 0.733. The molecule has 5 heteroatoms. The summed E-state index contributed by atoms with van der Waals surface area (Å²) in [6.45, 7) is 13.9. The first-order valence-electron chi connectivity index (χ1n) is 7.14. The van der Waals surface area contributed by atoms with Crippen molar-refractivity contribution < 1.29 is 9.21 Å². The van der Waals surface area contributed by atoms with Gasteiger partial charge in [-0.25, -0.2) is 4.98 Å². The summed E-state index contributed by atoms with van der Waals surface area (Å²) >= 11 is 1.38. The lowest BCUT2D eigenvalue weighted by atomic mass is 10.1. The number of amides is 1. The Bertz CT molecular complexity index is 412. The highest BCUT2D eigenvalue weighted by atomic mass is 32.2. The lowest BCUT2D eigenvalue weighted by Gasteiger charge is -2.26. The van der Waals surface area contributed by atoms with Crippen molar-refractivity contribution in [1.82, 2.24) is 9.88 Å². The van der Waals surface area contributed by atoms with Gasteiger partial charge in [0.25, 0.3) is 5.22 Å². The van der Waals surface area contributed by atoms with E-state index < -0.39 is 0 Å². The maximum atomic E-state index is 12.3. The lowest BCUT2D eigenvalue weighted by Crippen LogP contribution is -2.38. The Balaban J connectivity index is 2.56. The van der Waals surface area contributed by atoms with E-state index in [2.05, 4.69) is 32.7 Å². The molecule has 20 heavy (non-hydrogen) atoms. The van der Waals surface area contributed by atoms with Crippen LogP contribution in [0.2, 0.25) is 0 Å². The van der Waals surface area contributed by atoms with E-state index in [4.69, 9.17) is 4.42 Å². The van der Waals surface area contributed by atoms with Gasteiger partial charge in [0.05, 0.1) is 11.4 Å². The summed E-state index contributed by atoms with van der Waals surface area (Å²) in [6.07, 6.45) is 0. The summed E-state index contributed by atoms with van der Waals surface area (Å²) < 4.78 is 5.49. The molecule has 4 nitrogen and oxygen atoms in total. The number of hydrogen-bond donors (Lipinski definition) is 0. The van der Waals surface area contributed by atoms with Crippen LogP contribution in [0.5, 0.6) is 0 Å². The summed E-state index contributed by atoms with van der Waals surface area (Å²) in [7, 11) is 0. The molecule has 0 unspecified atom stereocenters. The van der Waals surface area contributed by atoms with E-state index in [1.807, 2.05) is 18.7 Å². The lowest BCUT2D eigenvalue weighted by molar-refractivity contribution is -0.129. The number of carbonyl (C=O) groups excluding carboxylic acids is 1. The summed E-state index contributed by atoms with van der Waals surface area (Å²) in [5.41, 5.74) is 0.890. The number of nitrogens with zero attached hydrogens (tertiary/aromatic N) is 2. The molecule has 0 N–H and O–H groups in total. The molecule has 0 saturated heterocycles. The number of oxazole rings is 1. The first-order valence-corrected chi connectivity index (χ1v) is 8.12. The third kappa shape index (κ3) is 5.57. The Morgan fingerprint density at radius 3 is 2.15 bits per heavy atom. The summed E-state index contributed by atoms with van der Waals surface area (Å²) in [5.74, 6) is 2.33. The topological polar surface area (TPSA) is 46.3 Å². The Labute approximate surface area is 126 Å². The van der Waals surface area contributed by atoms with Crippen molar-refractivity contribution in [2.24, 2.45) is 11.8 Å². The Morgan fingerprint density at radius 2 is 1.75 bits per heavy atom. The number of rotatable bonds is 7. The summed E-state index contributed by atoms with van der Waals surface area (Å²) in [4.78, 5) is 18.6. The normalized spacial score (nSPS) is 11.4. The molecule has 0 aliphatic carbocycles. The van der Waals surface area contributed by atoms with E-state index in [0.29, 0.717) is 22.8 Å². The molecule has 1 amide bonds. The number of carbonyl (C=O) groups is 1. The molecule has 0 saturated carbocycles. The second-order valence-corrected chi connectivity index (χ2v) is 6.92. The second-order valence-electron chi connectivity index (χ2n) is 6.00. The Kier molecular flexibility index (Phi) is 6.59. The van der Waals surface area contributed by atoms with Crippen LogP contribution >= 0.6 is 11.8 Å². The molecule has 0 radical (unpaired) electrons. The predicted octanol–water partition coefficient (Wildman–Crippen LogP) is 3.52. The molecule has 0 fully saturated rings. The SMILES string of the molecule is Cc1nc(SCC(=O)N(CC(C)C)CC(C)C)oc1C. The number of aryl methyl sites for hydroxylation is 2. The molecule has 0 atom stereocenters. The fourth-order valence-electron chi connectivity index (χ4n) is 1.88. The standard InChI is InChI=1S/C15H26N2O2S/c1-10(2)7-17(8-11(3)4)14(18)9-20-15-16-12(5)13(6)19-15/h10-11H,7-9H2,1-6H3. The fourth-order valence-corrected chi connectivity index (χ4v) is 2.69. The van der Waals surface area contributed by atoms with E-state index in [0.717, 1.165) is 24.5 Å². The minimum atomic E-state index is 0.158. The number of aromatic nitrogens is 1. The zero-order valence-corrected chi connectivity index (χ0v) is 14.2. The average Bonchev–Trinajstić information content (AvgIpc) is 2.64. The van der Waals surface area contributed by atoms with Gasteiger partial charge in [0.2, 0.25) is 5.91 Å². The summed E-state index contributed by atoms with van der Waals surface area (Å²) in [6, 6.07) is 0. The minimum Gasteiger partial charge on any atom is -0.437 e. The molecule has 1 aromatic rings. The quantitative estimate of drug-likeness (QED) is 0.723. The van der Waals surface area contributed by atoms with E-state index in [9.17, 15) is 4.79 Å². The van der Waals surface area contributed by atoms with Gasteiger partial charge < -0.3 is 9.32 Å². The molecule has 0 aromatic carbocycles. The van der Waals surface area contributed by atoms with Crippen molar-refractivity contribution in [3.05, 3.63) is 11.5 Å². The smallest absolute Gasteiger partial charge is 0.256 e.